The first-order chi connectivity index (χ1) is 14.4. The first-order valence-electron chi connectivity index (χ1n) is 10.5. The summed E-state index contributed by atoms with van der Waals surface area (Å²) in [5.74, 6) is -0.212. The molecule has 0 unspecified atom stereocenters. The van der Waals surface area contributed by atoms with Crippen LogP contribution in [0.1, 0.15) is 47.6 Å². The molecule has 0 aliphatic carbocycles. The van der Waals surface area contributed by atoms with Crippen LogP contribution < -0.4 is 5.32 Å². The van der Waals surface area contributed by atoms with E-state index in [1.165, 1.54) is 12.1 Å². The number of amides is 1. The second-order valence-corrected chi connectivity index (χ2v) is 9.88. The molecule has 1 amide bonds. The molecule has 30 heavy (non-hydrogen) atoms. The summed E-state index contributed by atoms with van der Waals surface area (Å²) in [6.45, 7) is 1.59. The minimum atomic E-state index is -3.51. The van der Waals surface area contributed by atoms with Gasteiger partial charge in [-0.2, -0.15) is 4.31 Å². The fourth-order valence-electron chi connectivity index (χ4n) is 3.77. The normalized spacial score (nSPS) is 16.8. The Morgan fingerprint density at radius 3 is 2.13 bits per heavy atom. The first kappa shape index (κ1) is 22.5. The molecule has 6 nitrogen and oxygen atoms in total. The van der Waals surface area contributed by atoms with E-state index in [4.69, 9.17) is 0 Å². The SMILES string of the molecule is CN(C)[C@@H](CNC(=O)c1ccc(S(=O)(=O)N2CCCCCC2)cc1)c1ccccc1. The van der Waals surface area contributed by atoms with Gasteiger partial charge in [-0.1, -0.05) is 43.2 Å². The summed E-state index contributed by atoms with van der Waals surface area (Å²) in [6.07, 6.45) is 3.94. The van der Waals surface area contributed by atoms with Crippen LogP contribution in [0.2, 0.25) is 0 Å². The molecule has 1 aliphatic heterocycles. The Hall–Kier alpha value is -2.22. The molecule has 1 saturated heterocycles. The van der Waals surface area contributed by atoms with E-state index in [9.17, 15) is 13.2 Å². The molecule has 0 saturated carbocycles. The standard InChI is InChI=1S/C23H31N3O3S/c1-25(2)22(19-10-6-5-7-11-19)18-24-23(27)20-12-14-21(15-13-20)30(28,29)26-16-8-3-4-9-17-26/h5-7,10-15,22H,3-4,8-9,16-18H2,1-2H3,(H,24,27)/t22-/m0/s1. The average molecular weight is 430 g/mol. The zero-order valence-corrected chi connectivity index (χ0v) is 18.6. The van der Waals surface area contributed by atoms with Crippen LogP contribution in [0, 0.1) is 0 Å². The lowest BCUT2D eigenvalue weighted by Gasteiger charge is -2.25. The third-order valence-electron chi connectivity index (χ3n) is 5.58. The Labute approximate surface area is 179 Å². The summed E-state index contributed by atoms with van der Waals surface area (Å²) in [5.41, 5.74) is 1.58. The summed E-state index contributed by atoms with van der Waals surface area (Å²) < 4.78 is 27.3. The van der Waals surface area contributed by atoms with Crippen molar-refractivity contribution in [2.24, 2.45) is 0 Å². The van der Waals surface area contributed by atoms with Gasteiger partial charge in [-0.05, 0) is 56.8 Å². The highest BCUT2D eigenvalue weighted by Gasteiger charge is 2.25. The van der Waals surface area contributed by atoms with Crippen molar-refractivity contribution < 1.29 is 13.2 Å². The number of likely N-dealkylation sites (N-methyl/N-ethyl adjacent to an activating group) is 1. The number of carbonyl (C=O) groups excluding carboxylic acids is 1. The largest absolute Gasteiger partial charge is 0.350 e. The van der Waals surface area contributed by atoms with E-state index in [2.05, 4.69) is 10.2 Å². The summed E-state index contributed by atoms with van der Waals surface area (Å²) in [4.78, 5) is 14.9. The highest BCUT2D eigenvalue weighted by molar-refractivity contribution is 7.89. The molecule has 0 radical (unpaired) electrons. The van der Waals surface area contributed by atoms with E-state index in [1.807, 2.05) is 44.4 Å². The van der Waals surface area contributed by atoms with Crippen LogP contribution in [0.25, 0.3) is 0 Å². The molecule has 3 rings (SSSR count). The topological polar surface area (TPSA) is 69.7 Å². The van der Waals surface area contributed by atoms with Crippen LogP contribution in [0.5, 0.6) is 0 Å². The van der Waals surface area contributed by atoms with Crippen LogP contribution in [-0.2, 0) is 10.0 Å². The fourth-order valence-corrected chi connectivity index (χ4v) is 5.29. The Morgan fingerprint density at radius 2 is 1.57 bits per heavy atom. The van der Waals surface area contributed by atoms with Crippen LogP contribution in [-0.4, -0.2) is 57.3 Å². The van der Waals surface area contributed by atoms with E-state index in [0.717, 1.165) is 31.2 Å². The van der Waals surface area contributed by atoms with Crippen LogP contribution in [0.15, 0.2) is 59.5 Å². The van der Waals surface area contributed by atoms with Gasteiger partial charge in [-0.15, -0.1) is 0 Å². The van der Waals surface area contributed by atoms with Crippen molar-refractivity contribution in [1.82, 2.24) is 14.5 Å². The molecule has 1 aliphatic rings. The number of sulfonamides is 1. The number of benzene rings is 2. The fraction of sp³-hybridized carbons (Fsp3) is 0.435. The van der Waals surface area contributed by atoms with Crippen molar-refractivity contribution in [3.8, 4) is 0 Å². The zero-order valence-electron chi connectivity index (χ0n) is 17.8. The second-order valence-electron chi connectivity index (χ2n) is 7.94. The molecule has 2 aromatic carbocycles. The van der Waals surface area contributed by atoms with Gasteiger partial charge in [0.25, 0.3) is 5.91 Å². The van der Waals surface area contributed by atoms with E-state index in [0.29, 0.717) is 25.2 Å². The number of nitrogens with one attached hydrogen (secondary N) is 1. The first-order valence-corrected chi connectivity index (χ1v) is 11.9. The number of hydrogen-bond acceptors (Lipinski definition) is 4. The third-order valence-corrected chi connectivity index (χ3v) is 7.50. The van der Waals surface area contributed by atoms with Gasteiger partial charge in [-0.25, -0.2) is 8.42 Å². The molecule has 2 aromatic rings. The molecule has 0 spiro atoms. The monoisotopic (exact) mass is 429 g/mol. The molecule has 0 bridgehead atoms. The summed E-state index contributed by atoms with van der Waals surface area (Å²) in [6, 6.07) is 16.3. The summed E-state index contributed by atoms with van der Waals surface area (Å²) >= 11 is 0. The third kappa shape index (κ3) is 5.47. The van der Waals surface area contributed by atoms with Gasteiger partial charge in [-0.3, -0.25) is 4.79 Å². The minimum Gasteiger partial charge on any atom is -0.350 e. The number of nitrogens with zero attached hydrogens (tertiary/aromatic N) is 2. The molecular weight excluding hydrogens is 398 g/mol. The molecule has 1 fully saturated rings. The lowest BCUT2D eigenvalue weighted by Crippen LogP contribution is -2.34. The Morgan fingerprint density at radius 1 is 0.967 bits per heavy atom. The molecular formula is C23H31N3O3S. The molecule has 0 aromatic heterocycles. The van der Waals surface area contributed by atoms with Gasteiger partial charge in [0.15, 0.2) is 0 Å². The van der Waals surface area contributed by atoms with Crippen LogP contribution in [0.4, 0.5) is 0 Å². The van der Waals surface area contributed by atoms with Gasteiger partial charge in [0, 0.05) is 25.2 Å². The minimum absolute atomic E-state index is 0.0536. The molecule has 162 valence electrons. The second kappa shape index (κ2) is 10.2. The quantitative estimate of drug-likeness (QED) is 0.733. The predicted octanol–water partition coefficient (Wildman–Crippen LogP) is 3.28. The average Bonchev–Trinajstić information content (AvgIpc) is 3.04. The highest BCUT2D eigenvalue weighted by atomic mass is 32.2. The Balaban J connectivity index is 1.66. The smallest absolute Gasteiger partial charge is 0.251 e. The molecule has 1 atom stereocenters. The van der Waals surface area contributed by atoms with Gasteiger partial charge in [0.2, 0.25) is 10.0 Å². The zero-order chi connectivity index (χ0) is 21.6. The molecule has 1 heterocycles. The number of carbonyl (C=O) groups is 1. The van der Waals surface area contributed by atoms with Gasteiger partial charge in [0.05, 0.1) is 10.9 Å². The molecule has 7 heteroatoms. The lowest BCUT2D eigenvalue weighted by molar-refractivity contribution is 0.0942. The van der Waals surface area contributed by atoms with E-state index in [-0.39, 0.29) is 16.8 Å². The Kier molecular flexibility index (Phi) is 7.64. The van der Waals surface area contributed by atoms with Crippen molar-refractivity contribution in [2.75, 3.05) is 33.7 Å². The Bertz CT molecular complexity index is 920. The van der Waals surface area contributed by atoms with E-state index < -0.39 is 10.0 Å². The van der Waals surface area contributed by atoms with Crippen molar-refractivity contribution in [2.45, 2.75) is 36.6 Å². The van der Waals surface area contributed by atoms with Crippen molar-refractivity contribution >= 4 is 15.9 Å². The van der Waals surface area contributed by atoms with Gasteiger partial charge < -0.3 is 10.2 Å². The summed E-state index contributed by atoms with van der Waals surface area (Å²) in [7, 11) is 0.451. The van der Waals surface area contributed by atoms with E-state index in [1.54, 1.807) is 16.4 Å². The van der Waals surface area contributed by atoms with Crippen LogP contribution in [0.3, 0.4) is 0 Å². The number of rotatable bonds is 7. The van der Waals surface area contributed by atoms with Crippen molar-refractivity contribution in [3.05, 3.63) is 65.7 Å². The highest BCUT2D eigenvalue weighted by Crippen LogP contribution is 2.21. The number of hydrogen-bond donors (Lipinski definition) is 1. The van der Waals surface area contributed by atoms with Crippen LogP contribution >= 0.6 is 0 Å². The van der Waals surface area contributed by atoms with Crippen molar-refractivity contribution in [1.29, 1.82) is 0 Å². The lowest BCUT2D eigenvalue weighted by atomic mass is 10.1. The van der Waals surface area contributed by atoms with Crippen molar-refractivity contribution in [3.63, 3.8) is 0 Å². The van der Waals surface area contributed by atoms with E-state index >= 15 is 0 Å². The van der Waals surface area contributed by atoms with Gasteiger partial charge in [0.1, 0.15) is 0 Å². The predicted molar refractivity (Wildman–Crippen MR) is 119 cm³/mol. The van der Waals surface area contributed by atoms with Gasteiger partial charge >= 0.3 is 0 Å². The molecule has 1 N–H and O–H groups in total. The maximum Gasteiger partial charge on any atom is 0.251 e. The maximum absolute atomic E-state index is 12.9. The summed E-state index contributed by atoms with van der Waals surface area (Å²) in [5, 5.41) is 2.97. The maximum atomic E-state index is 12.9.